The van der Waals surface area contributed by atoms with Crippen LogP contribution in [-0.4, -0.2) is 31.1 Å². The topological polar surface area (TPSA) is 30.5 Å². The number of hydrogen-bond donors (Lipinski definition) is 1. The standard InChI is InChI=1S/C18H33NO2/c1-16(2)11-15(12-17(3,4)13-16)19-14-5-7-18(8-6-14)20-9-10-21-18/h14-15,19H,5-13H2,1-4H3. The van der Waals surface area contributed by atoms with Gasteiger partial charge in [0.25, 0.3) is 0 Å². The molecular formula is C18H33NO2. The fraction of sp³-hybridized carbons (Fsp3) is 1.00. The van der Waals surface area contributed by atoms with E-state index in [1.54, 1.807) is 0 Å². The predicted molar refractivity (Wildman–Crippen MR) is 85.2 cm³/mol. The van der Waals surface area contributed by atoms with Crippen molar-refractivity contribution in [1.29, 1.82) is 0 Å². The summed E-state index contributed by atoms with van der Waals surface area (Å²) in [5.74, 6) is -0.219. The van der Waals surface area contributed by atoms with Crippen LogP contribution in [0.3, 0.4) is 0 Å². The molecule has 2 aliphatic carbocycles. The summed E-state index contributed by atoms with van der Waals surface area (Å²) in [6.45, 7) is 11.3. The number of nitrogens with one attached hydrogen (secondary N) is 1. The van der Waals surface area contributed by atoms with Gasteiger partial charge in [-0.15, -0.1) is 0 Å². The molecule has 1 N–H and O–H groups in total. The van der Waals surface area contributed by atoms with Crippen molar-refractivity contribution >= 4 is 0 Å². The van der Waals surface area contributed by atoms with Crippen LogP contribution in [0.15, 0.2) is 0 Å². The molecule has 3 fully saturated rings. The van der Waals surface area contributed by atoms with Crippen LogP contribution in [-0.2, 0) is 9.47 Å². The third-order valence-corrected chi connectivity index (χ3v) is 5.59. The minimum atomic E-state index is -0.219. The minimum absolute atomic E-state index is 0.219. The summed E-state index contributed by atoms with van der Waals surface area (Å²) in [5.41, 5.74) is 0.931. The molecule has 3 heteroatoms. The molecule has 0 bridgehead atoms. The Morgan fingerprint density at radius 1 is 0.810 bits per heavy atom. The van der Waals surface area contributed by atoms with Crippen LogP contribution in [0.2, 0.25) is 0 Å². The lowest BCUT2D eigenvalue weighted by Crippen LogP contribution is -2.50. The summed E-state index contributed by atoms with van der Waals surface area (Å²) in [7, 11) is 0. The van der Waals surface area contributed by atoms with Crippen molar-refractivity contribution in [1.82, 2.24) is 5.32 Å². The van der Waals surface area contributed by atoms with E-state index in [-0.39, 0.29) is 5.79 Å². The van der Waals surface area contributed by atoms with E-state index in [4.69, 9.17) is 9.47 Å². The third kappa shape index (κ3) is 3.80. The van der Waals surface area contributed by atoms with Gasteiger partial charge >= 0.3 is 0 Å². The molecule has 122 valence electrons. The molecular weight excluding hydrogens is 262 g/mol. The van der Waals surface area contributed by atoms with Crippen LogP contribution in [0.1, 0.15) is 72.6 Å². The molecule has 0 atom stereocenters. The van der Waals surface area contributed by atoms with E-state index in [0.29, 0.717) is 22.9 Å². The van der Waals surface area contributed by atoms with Crippen molar-refractivity contribution in [3.05, 3.63) is 0 Å². The van der Waals surface area contributed by atoms with E-state index < -0.39 is 0 Å². The molecule has 1 spiro atoms. The van der Waals surface area contributed by atoms with Crippen LogP contribution < -0.4 is 5.32 Å². The Labute approximate surface area is 130 Å². The molecule has 1 aliphatic heterocycles. The maximum Gasteiger partial charge on any atom is 0.168 e. The highest BCUT2D eigenvalue weighted by Gasteiger charge is 2.42. The van der Waals surface area contributed by atoms with E-state index in [1.165, 1.54) is 32.1 Å². The normalized spacial score (nSPS) is 32.6. The SMILES string of the molecule is CC1(C)CC(NC2CCC3(CC2)OCCO3)CC(C)(C)C1. The van der Waals surface area contributed by atoms with Gasteiger partial charge in [0.05, 0.1) is 13.2 Å². The Morgan fingerprint density at radius 2 is 1.33 bits per heavy atom. The monoisotopic (exact) mass is 295 g/mol. The first-order valence-corrected chi connectivity index (χ1v) is 8.82. The van der Waals surface area contributed by atoms with Gasteiger partial charge in [-0.1, -0.05) is 27.7 Å². The summed E-state index contributed by atoms with van der Waals surface area (Å²) < 4.78 is 11.7. The van der Waals surface area contributed by atoms with Crippen molar-refractivity contribution in [3.8, 4) is 0 Å². The second-order valence-corrected chi connectivity index (χ2v) is 9.16. The van der Waals surface area contributed by atoms with Crippen LogP contribution >= 0.6 is 0 Å². The first-order valence-electron chi connectivity index (χ1n) is 8.82. The largest absolute Gasteiger partial charge is 0.348 e. The highest BCUT2D eigenvalue weighted by molar-refractivity contribution is 4.95. The Balaban J connectivity index is 1.53. The molecule has 0 amide bonds. The Hall–Kier alpha value is -0.120. The van der Waals surface area contributed by atoms with Gasteiger partial charge < -0.3 is 14.8 Å². The molecule has 1 heterocycles. The van der Waals surface area contributed by atoms with E-state index in [0.717, 1.165) is 26.1 Å². The zero-order valence-corrected chi connectivity index (χ0v) is 14.3. The zero-order chi connectivity index (χ0) is 15.1. The molecule has 3 nitrogen and oxygen atoms in total. The Kier molecular flexibility index (Phi) is 4.13. The summed E-state index contributed by atoms with van der Waals surface area (Å²) in [4.78, 5) is 0. The Morgan fingerprint density at radius 3 is 1.86 bits per heavy atom. The van der Waals surface area contributed by atoms with Gasteiger partial charge in [0, 0.05) is 24.9 Å². The van der Waals surface area contributed by atoms with Crippen LogP contribution in [0, 0.1) is 10.8 Å². The van der Waals surface area contributed by atoms with Gasteiger partial charge in [-0.2, -0.15) is 0 Å². The molecule has 2 saturated carbocycles. The first-order chi connectivity index (χ1) is 9.78. The van der Waals surface area contributed by atoms with E-state index >= 15 is 0 Å². The second kappa shape index (κ2) is 5.50. The molecule has 0 aromatic carbocycles. The first kappa shape index (κ1) is 15.8. The molecule has 3 rings (SSSR count). The number of hydrogen-bond acceptors (Lipinski definition) is 3. The quantitative estimate of drug-likeness (QED) is 0.839. The van der Waals surface area contributed by atoms with E-state index in [9.17, 15) is 0 Å². The molecule has 0 aromatic rings. The zero-order valence-electron chi connectivity index (χ0n) is 14.3. The fourth-order valence-corrected chi connectivity index (χ4v) is 5.31. The van der Waals surface area contributed by atoms with Crippen LogP contribution in [0.4, 0.5) is 0 Å². The molecule has 0 unspecified atom stereocenters. The van der Waals surface area contributed by atoms with Crippen LogP contribution in [0.25, 0.3) is 0 Å². The molecule has 3 aliphatic rings. The maximum atomic E-state index is 5.84. The van der Waals surface area contributed by atoms with Gasteiger partial charge in [-0.05, 0) is 42.9 Å². The summed E-state index contributed by atoms with van der Waals surface area (Å²) in [5, 5.41) is 3.96. The summed E-state index contributed by atoms with van der Waals surface area (Å²) in [6.07, 6.45) is 8.47. The van der Waals surface area contributed by atoms with Crippen molar-refractivity contribution in [2.75, 3.05) is 13.2 Å². The fourth-order valence-electron chi connectivity index (χ4n) is 5.31. The number of rotatable bonds is 2. The lowest BCUT2D eigenvalue weighted by Gasteiger charge is -2.47. The molecule has 0 aromatic heterocycles. The van der Waals surface area contributed by atoms with E-state index in [2.05, 4.69) is 33.0 Å². The maximum absolute atomic E-state index is 5.84. The number of ether oxygens (including phenoxy) is 2. The van der Waals surface area contributed by atoms with Gasteiger partial charge in [0.2, 0.25) is 0 Å². The second-order valence-electron chi connectivity index (χ2n) is 9.16. The lowest BCUT2D eigenvalue weighted by molar-refractivity contribution is -0.180. The molecule has 0 radical (unpaired) electrons. The van der Waals surface area contributed by atoms with Gasteiger partial charge in [-0.3, -0.25) is 0 Å². The predicted octanol–water partition coefficient (Wildman–Crippen LogP) is 3.87. The highest BCUT2D eigenvalue weighted by Crippen LogP contribution is 2.46. The molecule has 21 heavy (non-hydrogen) atoms. The minimum Gasteiger partial charge on any atom is -0.348 e. The van der Waals surface area contributed by atoms with Gasteiger partial charge in [0.15, 0.2) is 5.79 Å². The highest BCUT2D eigenvalue weighted by atomic mass is 16.7. The van der Waals surface area contributed by atoms with Crippen molar-refractivity contribution in [2.24, 2.45) is 10.8 Å². The summed E-state index contributed by atoms with van der Waals surface area (Å²) >= 11 is 0. The summed E-state index contributed by atoms with van der Waals surface area (Å²) in [6, 6.07) is 1.33. The average Bonchev–Trinajstić information content (AvgIpc) is 2.77. The Bertz CT molecular complexity index is 345. The smallest absolute Gasteiger partial charge is 0.168 e. The van der Waals surface area contributed by atoms with E-state index in [1.807, 2.05) is 0 Å². The van der Waals surface area contributed by atoms with Gasteiger partial charge in [0.1, 0.15) is 0 Å². The lowest BCUT2D eigenvalue weighted by atomic mass is 9.63. The van der Waals surface area contributed by atoms with Gasteiger partial charge in [-0.25, -0.2) is 0 Å². The van der Waals surface area contributed by atoms with Crippen LogP contribution in [0.5, 0.6) is 0 Å². The average molecular weight is 295 g/mol. The van der Waals surface area contributed by atoms with Crippen molar-refractivity contribution in [2.45, 2.75) is 90.5 Å². The van der Waals surface area contributed by atoms with Crippen molar-refractivity contribution in [3.63, 3.8) is 0 Å². The molecule has 1 saturated heterocycles. The van der Waals surface area contributed by atoms with Crippen molar-refractivity contribution < 1.29 is 9.47 Å². The third-order valence-electron chi connectivity index (χ3n) is 5.59.